The SMILES string of the molecule is [B](Oc1cccc2c1Sc1ccccc1N2)Oc1cccc2ccccc12. The Balaban J connectivity index is 1.35. The van der Waals surface area contributed by atoms with Gasteiger partial charge in [0.2, 0.25) is 0 Å². The van der Waals surface area contributed by atoms with Crippen LogP contribution in [0.3, 0.4) is 0 Å². The normalized spacial score (nSPS) is 11.9. The standard InChI is InChI=1S/C22H15BNO2S/c1-2-9-16-15(7-1)8-5-12-19(16)25-23-26-20-13-6-11-18-22(20)27-21-14-4-3-10-17(21)24-18/h1-14,24H. The Bertz CT molecular complexity index is 1130. The Morgan fingerprint density at radius 3 is 2.37 bits per heavy atom. The number of hydrogen-bond donors (Lipinski definition) is 1. The first-order valence-electron chi connectivity index (χ1n) is 8.68. The van der Waals surface area contributed by atoms with Crippen molar-refractivity contribution < 1.29 is 9.31 Å². The zero-order valence-electron chi connectivity index (χ0n) is 14.4. The Morgan fingerprint density at radius 2 is 1.37 bits per heavy atom. The molecule has 27 heavy (non-hydrogen) atoms. The highest BCUT2D eigenvalue weighted by Gasteiger charge is 2.19. The minimum absolute atomic E-state index is 0.764. The maximum atomic E-state index is 5.86. The molecule has 1 N–H and O–H groups in total. The van der Waals surface area contributed by atoms with Gasteiger partial charge in [0.15, 0.2) is 0 Å². The molecule has 1 radical (unpaired) electrons. The Labute approximate surface area is 162 Å². The lowest BCUT2D eigenvalue weighted by Crippen LogP contribution is -2.12. The smallest absolute Gasteiger partial charge is 0.526 e. The minimum atomic E-state index is 0.764. The number of nitrogens with one attached hydrogen (secondary N) is 1. The van der Waals surface area contributed by atoms with Gasteiger partial charge in [-0.25, -0.2) is 0 Å². The van der Waals surface area contributed by atoms with E-state index in [-0.39, 0.29) is 0 Å². The van der Waals surface area contributed by atoms with Crippen molar-refractivity contribution in [2.24, 2.45) is 0 Å². The highest BCUT2D eigenvalue weighted by Crippen LogP contribution is 2.48. The fourth-order valence-electron chi connectivity index (χ4n) is 3.15. The summed E-state index contributed by atoms with van der Waals surface area (Å²) in [7, 11) is 1.40. The molecule has 0 saturated carbocycles. The van der Waals surface area contributed by atoms with Crippen molar-refractivity contribution in [2.75, 3.05) is 5.32 Å². The van der Waals surface area contributed by atoms with Crippen LogP contribution in [0, 0.1) is 0 Å². The number of hydrogen-bond acceptors (Lipinski definition) is 4. The van der Waals surface area contributed by atoms with Crippen molar-refractivity contribution in [3.63, 3.8) is 0 Å². The highest BCUT2D eigenvalue weighted by molar-refractivity contribution is 7.99. The summed E-state index contributed by atoms with van der Waals surface area (Å²) in [4.78, 5) is 2.23. The average Bonchev–Trinajstić information content (AvgIpc) is 2.73. The molecule has 0 atom stereocenters. The second-order valence-electron chi connectivity index (χ2n) is 6.17. The molecular weight excluding hydrogens is 353 g/mol. The van der Waals surface area contributed by atoms with E-state index in [4.69, 9.17) is 9.31 Å². The van der Waals surface area contributed by atoms with Crippen molar-refractivity contribution >= 4 is 41.6 Å². The van der Waals surface area contributed by atoms with Gasteiger partial charge in [-0.05, 0) is 35.7 Å². The summed E-state index contributed by atoms with van der Waals surface area (Å²) >= 11 is 1.69. The summed E-state index contributed by atoms with van der Waals surface area (Å²) < 4.78 is 11.7. The lowest BCUT2D eigenvalue weighted by molar-refractivity contribution is 0.456. The van der Waals surface area contributed by atoms with Crippen LogP contribution < -0.4 is 14.6 Å². The number of anilines is 2. The van der Waals surface area contributed by atoms with Crippen LogP contribution in [0.2, 0.25) is 0 Å². The lowest BCUT2D eigenvalue weighted by Gasteiger charge is -2.22. The third-order valence-electron chi connectivity index (χ3n) is 4.45. The highest BCUT2D eigenvalue weighted by atomic mass is 32.2. The molecule has 0 amide bonds. The lowest BCUT2D eigenvalue weighted by atomic mass is 10.1. The largest absolute Gasteiger partial charge is 0.658 e. The molecular formula is C22H15BNO2S. The molecule has 4 aromatic carbocycles. The predicted octanol–water partition coefficient (Wildman–Crippen LogP) is 6.04. The van der Waals surface area contributed by atoms with Gasteiger partial charge in [0.05, 0.1) is 16.3 Å². The second kappa shape index (κ2) is 6.93. The van der Waals surface area contributed by atoms with E-state index in [0.717, 1.165) is 38.5 Å². The molecule has 1 aliphatic rings. The Hall–Kier alpha value is -3.05. The summed E-state index contributed by atoms with van der Waals surface area (Å²) in [6, 6.07) is 28.3. The van der Waals surface area contributed by atoms with Crippen molar-refractivity contribution in [3.8, 4) is 11.5 Å². The predicted molar refractivity (Wildman–Crippen MR) is 111 cm³/mol. The first-order valence-corrected chi connectivity index (χ1v) is 9.50. The van der Waals surface area contributed by atoms with Gasteiger partial charge in [0, 0.05) is 10.3 Å². The summed E-state index contributed by atoms with van der Waals surface area (Å²) in [5.74, 6) is 1.54. The molecule has 0 aliphatic carbocycles. The number of para-hydroxylation sites is 1. The summed E-state index contributed by atoms with van der Waals surface area (Å²) in [6.45, 7) is 0. The maximum absolute atomic E-state index is 5.86. The number of benzene rings is 4. The van der Waals surface area contributed by atoms with E-state index >= 15 is 0 Å². The van der Waals surface area contributed by atoms with E-state index in [9.17, 15) is 0 Å². The van der Waals surface area contributed by atoms with E-state index in [2.05, 4.69) is 35.6 Å². The van der Waals surface area contributed by atoms with Gasteiger partial charge in [0.25, 0.3) is 0 Å². The van der Waals surface area contributed by atoms with Crippen molar-refractivity contribution in [1.82, 2.24) is 0 Å². The molecule has 0 bridgehead atoms. The molecule has 0 aromatic heterocycles. The fraction of sp³-hybridized carbons (Fsp3) is 0. The van der Waals surface area contributed by atoms with Gasteiger partial charge in [0.1, 0.15) is 11.5 Å². The Kier molecular flexibility index (Phi) is 4.15. The second-order valence-corrected chi connectivity index (χ2v) is 7.22. The third-order valence-corrected chi connectivity index (χ3v) is 5.65. The van der Waals surface area contributed by atoms with E-state index < -0.39 is 0 Å². The van der Waals surface area contributed by atoms with Gasteiger partial charge in [-0.2, -0.15) is 0 Å². The van der Waals surface area contributed by atoms with Gasteiger partial charge in [-0.3, -0.25) is 0 Å². The van der Waals surface area contributed by atoms with Crippen LogP contribution in [0.5, 0.6) is 11.5 Å². The molecule has 5 heteroatoms. The van der Waals surface area contributed by atoms with Crippen LogP contribution >= 0.6 is 11.8 Å². The molecule has 0 spiro atoms. The van der Waals surface area contributed by atoms with E-state index in [0.29, 0.717) is 0 Å². The minimum Gasteiger partial charge on any atom is -0.526 e. The van der Waals surface area contributed by atoms with Crippen LogP contribution in [0.15, 0.2) is 94.7 Å². The van der Waals surface area contributed by atoms with Crippen LogP contribution in [0.25, 0.3) is 10.8 Å². The summed E-state index contributed by atoms with van der Waals surface area (Å²) in [5.41, 5.74) is 2.15. The first kappa shape index (κ1) is 16.2. The van der Waals surface area contributed by atoms with E-state index in [1.165, 1.54) is 12.6 Å². The monoisotopic (exact) mass is 368 g/mol. The third kappa shape index (κ3) is 3.11. The maximum Gasteiger partial charge on any atom is 0.658 e. The molecule has 129 valence electrons. The van der Waals surface area contributed by atoms with Gasteiger partial charge >= 0.3 is 7.69 Å². The van der Waals surface area contributed by atoms with E-state index in [1.54, 1.807) is 11.8 Å². The molecule has 3 nitrogen and oxygen atoms in total. The molecule has 0 unspecified atom stereocenters. The van der Waals surface area contributed by atoms with Crippen LogP contribution in [-0.2, 0) is 0 Å². The quantitative estimate of drug-likeness (QED) is 0.392. The molecule has 5 rings (SSSR count). The van der Waals surface area contributed by atoms with Gasteiger partial charge < -0.3 is 14.6 Å². The van der Waals surface area contributed by atoms with Crippen molar-refractivity contribution in [1.29, 1.82) is 0 Å². The zero-order valence-corrected chi connectivity index (χ0v) is 15.2. The molecule has 0 saturated heterocycles. The van der Waals surface area contributed by atoms with Gasteiger partial charge in [-0.1, -0.05) is 66.4 Å². The number of fused-ring (bicyclic) bond motifs is 3. The summed E-state index contributed by atoms with van der Waals surface area (Å²) in [5, 5.41) is 5.65. The van der Waals surface area contributed by atoms with E-state index in [1.807, 2.05) is 54.6 Å². The molecule has 1 heterocycles. The van der Waals surface area contributed by atoms with Crippen LogP contribution in [-0.4, -0.2) is 7.69 Å². The van der Waals surface area contributed by atoms with Crippen LogP contribution in [0.4, 0.5) is 11.4 Å². The molecule has 0 fully saturated rings. The summed E-state index contributed by atoms with van der Waals surface area (Å²) in [6.07, 6.45) is 0. The van der Waals surface area contributed by atoms with Gasteiger partial charge in [-0.15, -0.1) is 0 Å². The topological polar surface area (TPSA) is 30.5 Å². The van der Waals surface area contributed by atoms with Crippen molar-refractivity contribution in [2.45, 2.75) is 9.79 Å². The van der Waals surface area contributed by atoms with Crippen molar-refractivity contribution in [3.05, 3.63) is 84.9 Å². The fourth-order valence-corrected chi connectivity index (χ4v) is 4.19. The zero-order chi connectivity index (χ0) is 18.1. The first-order chi connectivity index (χ1) is 13.4. The molecule has 4 aromatic rings. The molecule has 1 aliphatic heterocycles. The average molecular weight is 368 g/mol. The van der Waals surface area contributed by atoms with Crippen LogP contribution in [0.1, 0.15) is 0 Å². The number of rotatable bonds is 4. The Morgan fingerprint density at radius 1 is 0.667 bits per heavy atom.